The van der Waals surface area contributed by atoms with E-state index in [1.54, 1.807) is 6.20 Å². The Labute approximate surface area is 118 Å². The molecule has 0 radical (unpaired) electrons. The van der Waals surface area contributed by atoms with Gasteiger partial charge in [-0.05, 0) is 36.4 Å². The lowest BCUT2D eigenvalue weighted by atomic mass is 9.85. The highest BCUT2D eigenvalue weighted by molar-refractivity contribution is 5.86. The van der Waals surface area contributed by atoms with Crippen molar-refractivity contribution in [2.45, 2.75) is 19.4 Å². The number of fused-ring (bicyclic) bond motifs is 1. The van der Waals surface area contributed by atoms with E-state index in [4.69, 9.17) is 0 Å². The van der Waals surface area contributed by atoms with Crippen molar-refractivity contribution in [3.63, 3.8) is 0 Å². The minimum absolute atomic E-state index is 0.881. The Balaban J connectivity index is 2.20. The highest BCUT2D eigenvalue weighted by Gasteiger charge is 2.27. The summed E-state index contributed by atoms with van der Waals surface area (Å²) in [5, 5.41) is 13.1. The minimum atomic E-state index is -1.03. The monoisotopic (exact) mass is 263 g/mol. The standard InChI is InChI=1S/C18H17NO/c1-13-6-8-15(9-7-13)18(2,20)17-5-3-4-14-10-11-19-12-16(14)17/h3-12,20H,1-2H3. The molecule has 0 aliphatic rings. The molecule has 1 unspecified atom stereocenters. The van der Waals surface area contributed by atoms with Crippen LogP contribution in [0.15, 0.2) is 60.9 Å². The molecule has 1 atom stereocenters. The first-order valence-electron chi connectivity index (χ1n) is 6.72. The van der Waals surface area contributed by atoms with Crippen LogP contribution in [0.1, 0.15) is 23.6 Å². The third-order valence-corrected chi connectivity index (χ3v) is 3.82. The maximum Gasteiger partial charge on any atom is 0.112 e. The molecule has 0 saturated heterocycles. The first-order valence-corrected chi connectivity index (χ1v) is 6.72. The summed E-state index contributed by atoms with van der Waals surface area (Å²) in [4.78, 5) is 4.18. The van der Waals surface area contributed by atoms with Crippen LogP contribution in [0.5, 0.6) is 0 Å². The quantitative estimate of drug-likeness (QED) is 0.763. The second-order valence-electron chi connectivity index (χ2n) is 5.34. The SMILES string of the molecule is Cc1ccc(C(C)(O)c2cccc3ccncc23)cc1. The maximum atomic E-state index is 11.0. The van der Waals surface area contributed by atoms with E-state index in [1.165, 1.54) is 5.56 Å². The molecule has 2 nitrogen and oxygen atoms in total. The molecule has 1 N–H and O–H groups in total. The molecular formula is C18H17NO. The predicted molar refractivity (Wildman–Crippen MR) is 81.6 cm³/mol. The summed E-state index contributed by atoms with van der Waals surface area (Å²) >= 11 is 0. The average Bonchev–Trinajstić information content (AvgIpc) is 2.47. The van der Waals surface area contributed by atoms with Crippen molar-refractivity contribution in [2.75, 3.05) is 0 Å². The number of nitrogens with zero attached hydrogens (tertiary/aromatic N) is 1. The smallest absolute Gasteiger partial charge is 0.112 e. The molecule has 100 valence electrons. The van der Waals surface area contributed by atoms with Crippen molar-refractivity contribution in [1.29, 1.82) is 0 Å². The number of aliphatic hydroxyl groups is 1. The van der Waals surface area contributed by atoms with Crippen LogP contribution in [0, 0.1) is 6.92 Å². The van der Waals surface area contributed by atoms with Gasteiger partial charge in [0.15, 0.2) is 0 Å². The molecule has 2 heteroatoms. The molecule has 0 aliphatic heterocycles. The van der Waals surface area contributed by atoms with Crippen LogP contribution in [-0.2, 0) is 5.60 Å². The van der Waals surface area contributed by atoms with Crippen molar-refractivity contribution in [1.82, 2.24) is 4.98 Å². The van der Waals surface area contributed by atoms with Gasteiger partial charge in [0.25, 0.3) is 0 Å². The summed E-state index contributed by atoms with van der Waals surface area (Å²) < 4.78 is 0. The predicted octanol–water partition coefficient (Wildman–Crippen LogP) is 3.80. The number of aromatic nitrogens is 1. The molecule has 1 heterocycles. The van der Waals surface area contributed by atoms with Crippen LogP contribution in [0.3, 0.4) is 0 Å². The Morgan fingerprint density at radius 2 is 1.75 bits per heavy atom. The second-order valence-corrected chi connectivity index (χ2v) is 5.34. The van der Waals surface area contributed by atoms with Gasteiger partial charge in [0.2, 0.25) is 0 Å². The van der Waals surface area contributed by atoms with E-state index in [2.05, 4.69) is 4.98 Å². The van der Waals surface area contributed by atoms with Crippen LogP contribution in [0.2, 0.25) is 0 Å². The molecule has 0 spiro atoms. The first kappa shape index (κ1) is 12.8. The van der Waals surface area contributed by atoms with E-state index in [0.29, 0.717) is 0 Å². The maximum absolute atomic E-state index is 11.0. The zero-order chi connectivity index (χ0) is 14.2. The average molecular weight is 263 g/mol. The van der Waals surface area contributed by atoms with Crippen LogP contribution < -0.4 is 0 Å². The normalized spacial score (nSPS) is 14.2. The van der Waals surface area contributed by atoms with Crippen molar-refractivity contribution < 1.29 is 5.11 Å². The van der Waals surface area contributed by atoms with Crippen LogP contribution in [-0.4, -0.2) is 10.1 Å². The molecule has 1 aromatic heterocycles. The third-order valence-electron chi connectivity index (χ3n) is 3.82. The molecule has 0 bridgehead atoms. The Kier molecular flexibility index (Phi) is 3.03. The number of pyridine rings is 1. The van der Waals surface area contributed by atoms with Crippen LogP contribution in [0.25, 0.3) is 10.8 Å². The summed E-state index contributed by atoms with van der Waals surface area (Å²) in [6.45, 7) is 3.87. The van der Waals surface area contributed by atoms with E-state index >= 15 is 0 Å². The summed E-state index contributed by atoms with van der Waals surface area (Å²) in [6.07, 6.45) is 3.58. The Hall–Kier alpha value is -2.19. The molecular weight excluding hydrogens is 246 g/mol. The molecule has 0 amide bonds. The largest absolute Gasteiger partial charge is 0.381 e. The van der Waals surface area contributed by atoms with E-state index in [1.807, 2.05) is 68.6 Å². The molecule has 2 aromatic carbocycles. The van der Waals surface area contributed by atoms with Crippen molar-refractivity contribution in [2.24, 2.45) is 0 Å². The zero-order valence-electron chi connectivity index (χ0n) is 11.7. The molecule has 3 aromatic rings. The van der Waals surface area contributed by atoms with Gasteiger partial charge in [-0.25, -0.2) is 0 Å². The topological polar surface area (TPSA) is 33.1 Å². The summed E-state index contributed by atoms with van der Waals surface area (Å²) in [5.41, 5.74) is 1.92. The lowest BCUT2D eigenvalue weighted by Crippen LogP contribution is -2.23. The fraction of sp³-hybridized carbons (Fsp3) is 0.167. The van der Waals surface area contributed by atoms with Gasteiger partial charge >= 0.3 is 0 Å². The molecule has 0 saturated carbocycles. The fourth-order valence-electron chi connectivity index (χ4n) is 2.57. The second kappa shape index (κ2) is 4.73. The Morgan fingerprint density at radius 1 is 1.00 bits per heavy atom. The lowest BCUT2D eigenvalue weighted by molar-refractivity contribution is 0.104. The Morgan fingerprint density at radius 3 is 2.50 bits per heavy atom. The van der Waals surface area contributed by atoms with Gasteiger partial charge in [-0.15, -0.1) is 0 Å². The van der Waals surface area contributed by atoms with Gasteiger partial charge in [0.05, 0.1) is 0 Å². The van der Waals surface area contributed by atoms with Gasteiger partial charge in [0.1, 0.15) is 5.60 Å². The highest BCUT2D eigenvalue weighted by Crippen LogP contribution is 2.33. The highest BCUT2D eigenvalue weighted by atomic mass is 16.3. The third kappa shape index (κ3) is 2.08. The van der Waals surface area contributed by atoms with Crippen molar-refractivity contribution >= 4 is 10.8 Å². The van der Waals surface area contributed by atoms with Gasteiger partial charge in [0, 0.05) is 17.8 Å². The number of aryl methyl sites for hydroxylation is 1. The molecule has 20 heavy (non-hydrogen) atoms. The minimum Gasteiger partial charge on any atom is -0.381 e. The van der Waals surface area contributed by atoms with Crippen molar-refractivity contribution in [3.8, 4) is 0 Å². The van der Waals surface area contributed by atoms with Crippen LogP contribution >= 0.6 is 0 Å². The number of benzene rings is 2. The van der Waals surface area contributed by atoms with Gasteiger partial charge in [-0.2, -0.15) is 0 Å². The van der Waals surface area contributed by atoms with E-state index < -0.39 is 5.60 Å². The zero-order valence-corrected chi connectivity index (χ0v) is 11.7. The Bertz CT molecular complexity index is 739. The van der Waals surface area contributed by atoms with E-state index in [0.717, 1.165) is 21.9 Å². The number of hydrogen-bond donors (Lipinski definition) is 1. The summed E-state index contributed by atoms with van der Waals surface area (Å²) in [5.74, 6) is 0. The van der Waals surface area contributed by atoms with Gasteiger partial charge in [-0.1, -0.05) is 48.0 Å². The van der Waals surface area contributed by atoms with E-state index in [9.17, 15) is 5.11 Å². The number of hydrogen-bond acceptors (Lipinski definition) is 2. The number of rotatable bonds is 2. The summed E-state index contributed by atoms with van der Waals surface area (Å²) in [6, 6.07) is 15.9. The summed E-state index contributed by atoms with van der Waals surface area (Å²) in [7, 11) is 0. The first-order chi connectivity index (χ1) is 9.59. The van der Waals surface area contributed by atoms with Gasteiger partial charge < -0.3 is 5.11 Å². The molecule has 3 rings (SSSR count). The molecule has 0 aliphatic carbocycles. The van der Waals surface area contributed by atoms with Crippen molar-refractivity contribution in [3.05, 3.63) is 77.6 Å². The lowest BCUT2D eigenvalue weighted by Gasteiger charge is -2.26. The van der Waals surface area contributed by atoms with E-state index in [-0.39, 0.29) is 0 Å². The van der Waals surface area contributed by atoms with Gasteiger partial charge in [-0.3, -0.25) is 4.98 Å². The molecule has 0 fully saturated rings. The fourth-order valence-corrected chi connectivity index (χ4v) is 2.57. The van der Waals surface area contributed by atoms with Crippen LogP contribution in [0.4, 0.5) is 0 Å².